The van der Waals surface area contributed by atoms with Crippen molar-refractivity contribution in [1.29, 1.82) is 0 Å². The van der Waals surface area contributed by atoms with Crippen LogP contribution in [0.2, 0.25) is 0 Å². The van der Waals surface area contributed by atoms with Gasteiger partial charge in [-0.3, -0.25) is 0 Å². The lowest BCUT2D eigenvalue weighted by molar-refractivity contribution is 0.669. The number of benzene rings is 8. The average molecular weight is 665 g/mol. The van der Waals surface area contributed by atoms with Gasteiger partial charge in [0.1, 0.15) is 11.2 Å². The van der Waals surface area contributed by atoms with Crippen LogP contribution in [0.5, 0.6) is 0 Å². The Kier molecular flexibility index (Phi) is 6.18. The molecule has 3 aromatic heterocycles. The number of furan rings is 1. The first-order valence-corrected chi connectivity index (χ1v) is 17.4. The van der Waals surface area contributed by atoms with Crippen molar-refractivity contribution in [1.82, 2.24) is 19.5 Å². The van der Waals surface area contributed by atoms with Crippen molar-refractivity contribution in [3.8, 4) is 39.9 Å². The molecule has 0 saturated carbocycles. The van der Waals surface area contributed by atoms with E-state index in [-0.39, 0.29) is 0 Å². The molecule has 8 aromatic carbocycles. The maximum atomic E-state index is 6.52. The molecule has 0 saturated heterocycles. The molecule has 0 N–H and O–H groups in total. The van der Waals surface area contributed by atoms with Gasteiger partial charge in [-0.1, -0.05) is 127 Å². The van der Waals surface area contributed by atoms with Crippen LogP contribution < -0.4 is 0 Å². The van der Waals surface area contributed by atoms with E-state index >= 15 is 0 Å². The van der Waals surface area contributed by atoms with E-state index in [1.165, 1.54) is 26.9 Å². The van der Waals surface area contributed by atoms with Crippen LogP contribution in [-0.4, -0.2) is 19.5 Å². The highest BCUT2D eigenvalue weighted by Crippen LogP contribution is 2.40. The molecule has 0 aliphatic heterocycles. The summed E-state index contributed by atoms with van der Waals surface area (Å²) in [5.41, 5.74) is 7.72. The minimum atomic E-state index is 0.596. The molecule has 3 heterocycles. The van der Waals surface area contributed by atoms with Gasteiger partial charge in [0, 0.05) is 43.9 Å². The van der Waals surface area contributed by atoms with Gasteiger partial charge in [-0.2, -0.15) is 0 Å². The van der Waals surface area contributed by atoms with Crippen molar-refractivity contribution in [3.63, 3.8) is 0 Å². The van der Waals surface area contributed by atoms with Gasteiger partial charge in [0.15, 0.2) is 17.5 Å². The van der Waals surface area contributed by atoms with Gasteiger partial charge >= 0.3 is 0 Å². The van der Waals surface area contributed by atoms with Crippen LogP contribution in [0.3, 0.4) is 0 Å². The molecule has 0 spiro atoms. The number of hydrogen-bond acceptors (Lipinski definition) is 4. The molecule has 0 amide bonds. The van der Waals surface area contributed by atoms with Gasteiger partial charge in [0.05, 0.1) is 11.0 Å². The Hall–Kier alpha value is -7.11. The number of para-hydroxylation sites is 2. The molecule has 242 valence electrons. The van der Waals surface area contributed by atoms with E-state index in [1.54, 1.807) is 0 Å². The second-order valence-corrected chi connectivity index (χ2v) is 13.2. The zero-order chi connectivity index (χ0) is 34.2. The van der Waals surface area contributed by atoms with Crippen molar-refractivity contribution in [2.24, 2.45) is 0 Å². The number of fused-ring (bicyclic) bond motifs is 9. The molecular formula is C47H28N4O. The monoisotopic (exact) mass is 664 g/mol. The maximum absolute atomic E-state index is 6.52. The van der Waals surface area contributed by atoms with Crippen LogP contribution in [0.1, 0.15) is 0 Å². The van der Waals surface area contributed by atoms with Crippen molar-refractivity contribution >= 4 is 65.3 Å². The highest BCUT2D eigenvalue weighted by molar-refractivity contribution is 6.19. The Morgan fingerprint density at radius 1 is 0.385 bits per heavy atom. The normalized spacial score (nSPS) is 11.8. The average Bonchev–Trinajstić information content (AvgIpc) is 3.75. The number of aromatic nitrogens is 4. The summed E-state index contributed by atoms with van der Waals surface area (Å²) in [7, 11) is 0. The summed E-state index contributed by atoms with van der Waals surface area (Å²) in [6, 6.07) is 59.1. The molecule has 0 fully saturated rings. The van der Waals surface area contributed by atoms with Crippen LogP contribution in [0, 0.1) is 0 Å². The molecule has 0 unspecified atom stereocenters. The summed E-state index contributed by atoms with van der Waals surface area (Å²) in [5, 5.41) is 9.15. The minimum Gasteiger partial charge on any atom is -0.456 e. The standard InChI is InChI=1S/C47H28N4O/c1-3-13-30(14-4-1)45-48-46(32-24-25-36-35-18-9-10-20-40(35)51(41(36)26-32)33-15-5-2-6-16-33)50-47(49-45)37-19-11-21-42-44(37)39-28-38-31(27-43(39)52-42)23-22-29-12-7-8-17-34(29)38/h1-28H. The first kappa shape index (κ1) is 28.7. The fourth-order valence-electron chi connectivity index (χ4n) is 7.82. The molecule has 0 aliphatic rings. The summed E-state index contributed by atoms with van der Waals surface area (Å²) in [5.74, 6) is 1.82. The first-order valence-electron chi connectivity index (χ1n) is 17.4. The van der Waals surface area contributed by atoms with Gasteiger partial charge in [-0.05, 0) is 64.0 Å². The Balaban J connectivity index is 1.17. The van der Waals surface area contributed by atoms with E-state index in [0.717, 1.165) is 60.7 Å². The highest BCUT2D eigenvalue weighted by Gasteiger charge is 2.20. The third-order valence-corrected chi connectivity index (χ3v) is 10.2. The molecule has 52 heavy (non-hydrogen) atoms. The van der Waals surface area contributed by atoms with Crippen molar-refractivity contribution in [2.75, 3.05) is 0 Å². The minimum absolute atomic E-state index is 0.596. The molecule has 11 aromatic rings. The Morgan fingerprint density at radius 3 is 1.94 bits per heavy atom. The number of rotatable bonds is 4. The van der Waals surface area contributed by atoms with E-state index in [2.05, 4.69) is 132 Å². The smallest absolute Gasteiger partial charge is 0.164 e. The third kappa shape index (κ3) is 4.39. The Morgan fingerprint density at radius 2 is 1.08 bits per heavy atom. The zero-order valence-corrected chi connectivity index (χ0v) is 27.9. The Labute approximate surface area is 298 Å². The van der Waals surface area contributed by atoms with E-state index in [1.807, 2.05) is 42.5 Å². The molecule has 5 nitrogen and oxygen atoms in total. The lowest BCUT2D eigenvalue weighted by Crippen LogP contribution is -2.00. The van der Waals surface area contributed by atoms with Crippen molar-refractivity contribution in [2.45, 2.75) is 0 Å². The van der Waals surface area contributed by atoms with Crippen LogP contribution in [0.25, 0.3) is 105 Å². The van der Waals surface area contributed by atoms with Crippen LogP contribution in [0.4, 0.5) is 0 Å². The summed E-state index contributed by atoms with van der Waals surface area (Å²) in [4.78, 5) is 15.5. The first-order chi connectivity index (χ1) is 25.8. The van der Waals surface area contributed by atoms with Gasteiger partial charge in [0.2, 0.25) is 0 Å². The van der Waals surface area contributed by atoms with Gasteiger partial charge < -0.3 is 8.98 Å². The quantitative estimate of drug-likeness (QED) is 0.176. The second-order valence-electron chi connectivity index (χ2n) is 13.2. The molecule has 0 aliphatic carbocycles. The van der Waals surface area contributed by atoms with Crippen LogP contribution in [-0.2, 0) is 0 Å². The fourth-order valence-corrected chi connectivity index (χ4v) is 7.82. The van der Waals surface area contributed by atoms with Gasteiger partial charge in [0.25, 0.3) is 0 Å². The van der Waals surface area contributed by atoms with Crippen molar-refractivity contribution in [3.05, 3.63) is 170 Å². The second kappa shape index (κ2) is 11.2. The summed E-state index contributed by atoms with van der Waals surface area (Å²) in [6.45, 7) is 0. The van der Waals surface area contributed by atoms with Crippen molar-refractivity contribution < 1.29 is 4.42 Å². The number of hydrogen-bond donors (Lipinski definition) is 0. The molecule has 5 heteroatoms. The molecule has 0 atom stereocenters. The topological polar surface area (TPSA) is 56.7 Å². The predicted octanol–water partition coefficient (Wildman–Crippen LogP) is 12.2. The third-order valence-electron chi connectivity index (χ3n) is 10.2. The lowest BCUT2D eigenvalue weighted by Gasteiger charge is -2.11. The van der Waals surface area contributed by atoms with Gasteiger partial charge in [-0.25, -0.2) is 15.0 Å². The SMILES string of the molecule is c1ccc(-c2nc(-c3ccc4c5ccccc5n(-c5ccccc5)c4c3)nc(-c3cccc4oc5cc6ccc7ccccc7c6cc5c34)n2)cc1. The predicted molar refractivity (Wildman–Crippen MR) is 213 cm³/mol. The van der Waals surface area contributed by atoms with Crippen LogP contribution in [0.15, 0.2) is 174 Å². The molecular weight excluding hydrogens is 637 g/mol. The van der Waals surface area contributed by atoms with E-state index < -0.39 is 0 Å². The van der Waals surface area contributed by atoms with E-state index in [0.29, 0.717) is 17.5 Å². The molecule has 0 bridgehead atoms. The summed E-state index contributed by atoms with van der Waals surface area (Å²) >= 11 is 0. The lowest BCUT2D eigenvalue weighted by atomic mass is 9.98. The Bertz CT molecular complexity index is 3180. The molecule has 11 rings (SSSR count). The maximum Gasteiger partial charge on any atom is 0.164 e. The van der Waals surface area contributed by atoms with Crippen LogP contribution >= 0.6 is 0 Å². The highest BCUT2D eigenvalue weighted by atomic mass is 16.3. The zero-order valence-electron chi connectivity index (χ0n) is 27.9. The number of nitrogens with zero attached hydrogens (tertiary/aromatic N) is 4. The molecule has 0 radical (unpaired) electrons. The van der Waals surface area contributed by atoms with E-state index in [9.17, 15) is 0 Å². The summed E-state index contributed by atoms with van der Waals surface area (Å²) in [6.07, 6.45) is 0. The van der Waals surface area contributed by atoms with Gasteiger partial charge in [-0.15, -0.1) is 0 Å². The fraction of sp³-hybridized carbons (Fsp3) is 0. The van der Waals surface area contributed by atoms with E-state index in [4.69, 9.17) is 19.4 Å². The largest absolute Gasteiger partial charge is 0.456 e. The summed E-state index contributed by atoms with van der Waals surface area (Å²) < 4.78 is 8.84.